The number of amides is 1. The summed E-state index contributed by atoms with van der Waals surface area (Å²) in [6.45, 7) is 4.95. The largest absolute Gasteiger partial charge is 0.462 e. The first-order valence-electron chi connectivity index (χ1n) is 8.91. The molecule has 1 N–H and O–H groups in total. The maximum atomic E-state index is 12.2. The van der Waals surface area contributed by atoms with Gasteiger partial charge in [0.2, 0.25) is 0 Å². The highest BCUT2D eigenvalue weighted by atomic mass is 32.1. The van der Waals surface area contributed by atoms with Crippen LogP contribution in [0.4, 0.5) is 5.69 Å². The Morgan fingerprint density at radius 2 is 1.97 bits per heavy atom. The molecule has 2 heterocycles. The Bertz CT molecular complexity index is 1070. The number of hydrogen-bond acceptors (Lipinski definition) is 8. The number of esters is 2. The molecule has 0 spiro atoms. The summed E-state index contributed by atoms with van der Waals surface area (Å²) in [6.07, 6.45) is 0. The molecule has 1 amide bonds. The van der Waals surface area contributed by atoms with Gasteiger partial charge in [0.25, 0.3) is 5.91 Å². The molecule has 0 aliphatic rings. The number of fused-ring (bicyclic) bond motifs is 1. The number of rotatable bonds is 7. The number of benzene rings is 1. The Morgan fingerprint density at radius 1 is 1.17 bits per heavy atom. The number of hydrogen-bond donors (Lipinski definition) is 1. The number of anilines is 1. The first-order valence-corrected chi connectivity index (χ1v) is 9.64. The van der Waals surface area contributed by atoms with Crippen LogP contribution >= 0.6 is 11.7 Å². The lowest BCUT2D eigenvalue weighted by Gasteiger charge is -2.10. The Kier molecular flexibility index (Phi) is 6.23. The van der Waals surface area contributed by atoms with Crippen molar-refractivity contribution in [2.24, 2.45) is 0 Å². The van der Waals surface area contributed by atoms with Crippen LogP contribution in [0.1, 0.15) is 28.7 Å². The standard InChI is InChI=1S/C19H20N4O5S/c1-4-27-19(26)13-8-11(2)23(12(13)3)9-17(25)28-10-16(24)20-14-6-5-7-15-18(14)22-29-21-15/h5-8H,4,9-10H2,1-3H3,(H,20,24). The highest BCUT2D eigenvalue weighted by molar-refractivity contribution is 7.00. The van der Waals surface area contributed by atoms with E-state index in [2.05, 4.69) is 14.1 Å². The lowest BCUT2D eigenvalue weighted by Crippen LogP contribution is -2.23. The second-order valence-electron chi connectivity index (χ2n) is 6.24. The van der Waals surface area contributed by atoms with Gasteiger partial charge in [0.05, 0.1) is 29.6 Å². The SMILES string of the molecule is CCOC(=O)c1cc(C)n(CC(=O)OCC(=O)Nc2cccc3nsnc23)c1C. The summed E-state index contributed by atoms with van der Waals surface area (Å²) in [5, 5.41) is 2.67. The van der Waals surface area contributed by atoms with E-state index >= 15 is 0 Å². The quantitative estimate of drug-likeness (QED) is 0.589. The molecule has 0 saturated heterocycles. The fraction of sp³-hybridized carbons (Fsp3) is 0.316. The van der Waals surface area contributed by atoms with Crippen molar-refractivity contribution in [1.29, 1.82) is 0 Å². The molecule has 0 unspecified atom stereocenters. The molecule has 152 valence electrons. The zero-order valence-corrected chi connectivity index (χ0v) is 17.0. The Hall–Kier alpha value is -3.27. The minimum atomic E-state index is -0.592. The van der Waals surface area contributed by atoms with Gasteiger partial charge in [-0.1, -0.05) is 6.07 Å². The maximum absolute atomic E-state index is 12.2. The predicted octanol–water partition coefficient (Wildman–Crippen LogP) is 2.47. The van der Waals surface area contributed by atoms with Gasteiger partial charge in [-0.2, -0.15) is 8.75 Å². The summed E-state index contributed by atoms with van der Waals surface area (Å²) in [4.78, 5) is 36.3. The zero-order chi connectivity index (χ0) is 21.0. The van der Waals surface area contributed by atoms with Crippen molar-refractivity contribution in [2.45, 2.75) is 27.3 Å². The van der Waals surface area contributed by atoms with Gasteiger partial charge in [0.15, 0.2) is 6.61 Å². The van der Waals surface area contributed by atoms with Gasteiger partial charge in [0, 0.05) is 11.4 Å². The van der Waals surface area contributed by atoms with E-state index in [4.69, 9.17) is 9.47 Å². The summed E-state index contributed by atoms with van der Waals surface area (Å²) < 4.78 is 20.0. The van der Waals surface area contributed by atoms with Crippen LogP contribution in [0.25, 0.3) is 11.0 Å². The molecule has 3 rings (SSSR count). The second-order valence-corrected chi connectivity index (χ2v) is 6.77. The Balaban J connectivity index is 1.58. The third-order valence-electron chi connectivity index (χ3n) is 4.28. The number of aryl methyl sites for hydroxylation is 1. The highest BCUT2D eigenvalue weighted by Gasteiger charge is 2.19. The van der Waals surface area contributed by atoms with E-state index in [1.54, 1.807) is 49.6 Å². The third-order valence-corrected chi connectivity index (χ3v) is 4.82. The van der Waals surface area contributed by atoms with E-state index < -0.39 is 24.5 Å². The number of nitrogens with one attached hydrogen (secondary N) is 1. The van der Waals surface area contributed by atoms with Crippen LogP contribution in [-0.2, 0) is 25.6 Å². The van der Waals surface area contributed by atoms with Crippen LogP contribution in [0.15, 0.2) is 24.3 Å². The van der Waals surface area contributed by atoms with Crippen molar-refractivity contribution in [3.8, 4) is 0 Å². The first kappa shape index (κ1) is 20.5. The highest BCUT2D eigenvalue weighted by Crippen LogP contribution is 2.21. The van der Waals surface area contributed by atoms with Gasteiger partial charge in [-0.25, -0.2) is 4.79 Å². The van der Waals surface area contributed by atoms with E-state index in [0.29, 0.717) is 28.0 Å². The van der Waals surface area contributed by atoms with Crippen LogP contribution in [0.3, 0.4) is 0 Å². The average molecular weight is 416 g/mol. The summed E-state index contributed by atoms with van der Waals surface area (Å²) in [5.74, 6) is -1.51. The smallest absolute Gasteiger partial charge is 0.339 e. The van der Waals surface area contributed by atoms with Crippen LogP contribution in [0, 0.1) is 13.8 Å². The number of nitrogens with zero attached hydrogens (tertiary/aromatic N) is 3. The summed E-state index contributed by atoms with van der Waals surface area (Å²) in [5.41, 5.74) is 3.50. The third kappa shape index (κ3) is 4.60. The van der Waals surface area contributed by atoms with Crippen LogP contribution in [0.5, 0.6) is 0 Å². The van der Waals surface area contributed by atoms with Crippen molar-refractivity contribution >= 4 is 46.3 Å². The van der Waals surface area contributed by atoms with Crippen LogP contribution in [0.2, 0.25) is 0 Å². The van der Waals surface area contributed by atoms with E-state index in [1.165, 1.54) is 0 Å². The average Bonchev–Trinajstić information content (AvgIpc) is 3.27. The molecular weight excluding hydrogens is 396 g/mol. The fourth-order valence-corrected chi connectivity index (χ4v) is 3.42. The molecule has 9 nitrogen and oxygen atoms in total. The summed E-state index contributed by atoms with van der Waals surface area (Å²) in [6, 6.07) is 6.91. The minimum Gasteiger partial charge on any atom is -0.462 e. The molecule has 0 aliphatic carbocycles. The van der Waals surface area contributed by atoms with Crippen LogP contribution < -0.4 is 5.32 Å². The van der Waals surface area contributed by atoms with Gasteiger partial charge in [0.1, 0.15) is 17.6 Å². The van der Waals surface area contributed by atoms with Crippen molar-refractivity contribution in [2.75, 3.05) is 18.5 Å². The molecule has 10 heteroatoms. The molecule has 1 aromatic carbocycles. The summed E-state index contributed by atoms with van der Waals surface area (Å²) >= 11 is 1.05. The van der Waals surface area contributed by atoms with Crippen molar-refractivity contribution < 1.29 is 23.9 Å². The molecule has 2 aromatic heterocycles. The molecule has 0 bridgehead atoms. The topological polar surface area (TPSA) is 112 Å². The minimum absolute atomic E-state index is 0.115. The van der Waals surface area contributed by atoms with Gasteiger partial charge in [-0.05, 0) is 39.0 Å². The van der Waals surface area contributed by atoms with Crippen molar-refractivity contribution in [3.63, 3.8) is 0 Å². The van der Waals surface area contributed by atoms with Crippen molar-refractivity contribution in [3.05, 3.63) is 41.2 Å². The molecule has 0 atom stereocenters. The predicted molar refractivity (Wildman–Crippen MR) is 107 cm³/mol. The normalized spacial score (nSPS) is 10.7. The molecule has 0 radical (unpaired) electrons. The zero-order valence-electron chi connectivity index (χ0n) is 16.2. The number of carbonyl (C=O) groups excluding carboxylic acids is 3. The van der Waals surface area contributed by atoms with Gasteiger partial charge in [-0.15, -0.1) is 0 Å². The van der Waals surface area contributed by atoms with Gasteiger partial charge in [-0.3, -0.25) is 9.59 Å². The molecule has 3 aromatic rings. The summed E-state index contributed by atoms with van der Waals surface area (Å²) in [7, 11) is 0. The Labute approximate surface area is 170 Å². The second kappa shape index (κ2) is 8.82. The van der Waals surface area contributed by atoms with Gasteiger partial charge < -0.3 is 19.4 Å². The maximum Gasteiger partial charge on any atom is 0.339 e. The monoisotopic (exact) mass is 416 g/mol. The van der Waals surface area contributed by atoms with E-state index in [0.717, 1.165) is 17.4 Å². The molecule has 0 fully saturated rings. The number of carbonyl (C=O) groups is 3. The molecule has 0 saturated carbocycles. The first-order chi connectivity index (χ1) is 13.9. The number of ether oxygens (including phenoxy) is 2. The molecular formula is C19H20N4O5S. The van der Waals surface area contributed by atoms with Crippen LogP contribution in [-0.4, -0.2) is 44.4 Å². The van der Waals surface area contributed by atoms with E-state index in [9.17, 15) is 14.4 Å². The Morgan fingerprint density at radius 3 is 2.72 bits per heavy atom. The lowest BCUT2D eigenvalue weighted by atomic mass is 10.2. The van der Waals surface area contributed by atoms with E-state index in [-0.39, 0.29) is 13.2 Å². The lowest BCUT2D eigenvalue weighted by molar-refractivity contribution is -0.147. The van der Waals surface area contributed by atoms with E-state index in [1.807, 2.05) is 0 Å². The molecule has 0 aliphatic heterocycles. The van der Waals surface area contributed by atoms with Gasteiger partial charge >= 0.3 is 11.9 Å². The number of aromatic nitrogens is 3. The fourth-order valence-electron chi connectivity index (χ4n) is 2.87. The van der Waals surface area contributed by atoms with Crippen molar-refractivity contribution in [1.82, 2.24) is 13.3 Å². The molecule has 29 heavy (non-hydrogen) atoms.